The molecular weight excluding hydrogens is 240 g/mol. The molecule has 5 nitrogen and oxygen atoms in total. The number of hydrogen-bond acceptors (Lipinski definition) is 3. The molecule has 2 fully saturated rings. The van der Waals surface area contributed by atoms with Gasteiger partial charge < -0.3 is 10.6 Å². The van der Waals surface area contributed by atoms with Crippen LogP contribution in [0, 0.1) is 0 Å². The van der Waals surface area contributed by atoms with Crippen molar-refractivity contribution in [2.75, 3.05) is 13.1 Å². The molecule has 5 heteroatoms. The zero-order valence-electron chi connectivity index (χ0n) is 11.2. The maximum absolute atomic E-state index is 12.1. The highest BCUT2D eigenvalue weighted by atomic mass is 16.2. The van der Waals surface area contributed by atoms with Crippen LogP contribution in [0.15, 0.2) is 6.07 Å². The molecule has 0 spiro atoms. The third kappa shape index (κ3) is 2.97. The molecule has 2 aliphatic rings. The summed E-state index contributed by atoms with van der Waals surface area (Å²) in [5, 5.41) is 13.7. The van der Waals surface area contributed by atoms with Crippen LogP contribution in [0.5, 0.6) is 0 Å². The van der Waals surface area contributed by atoms with Crippen LogP contribution in [0.25, 0.3) is 0 Å². The molecule has 1 unspecified atom stereocenters. The molecule has 1 aliphatic carbocycles. The highest BCUT2D eigenvalue weighted by Crippen LogP contribution is 2.22. The number of aromatic nitrogens is 2. The smallest absolute Gasteiger partial charge is 0.271 e. The molecule has 0 aromatic carbocycles. The molecular formula is C14H22N4O. The fourth-order valence-corrected chi connectivity index (χ4v) is 3.11. The summed E-state index contributed by atoms with van der Waals surface area (Å²) in [4.78, 5) is 12.1. The number of amides is 1. The van der Waals surface area contributed by atoms with Crippen molar-refractivity contribution in [2.24, 2.45) is 0 Å². The van der Waals surface area contributed by atoms with E-state index in [2.05, 4.69) is 20.8 Å². The van der Waals surface area contributed by atoms with Crippen LogP contribution in [0.3, 0.4) is 0 Å². The first-order chi connectivity index (χ1) is 9.33. The van der Waals surface area contributed by atoms with Gasteiger partial charge in [-0.3, -0.25) is 9.89 Å². The Balaban J connectivity index is 1.61. The average molecular weight is 262 g/mol. The van der Waals surface area contributed by atoms with E-state index in [0.717, 1.165) is 31.6 Å². The van der Waals surface area contributed by atoms with Gasteiger partial charge in [-0.15, -0.1) is 0 Å². The Labute approximate surface area is 113 Å². The number of carbonyl (C=O) groups is 1. The molecule has 1 atom stereocenters. The molecule has 1 aliphatic heterocycles. The van der Waals surface area contributed by atoms with E-state index < -0.39 is 0 Å². The Morgan fingerprint density at radius 1 is 1.26 bits per heavy atom. The molecule has 1 saturated heterocycles. The summed E-state index contributed by atoms with van der Waals surface area (Å²) < 4.78 is 0. The van der Waals surface area contributed by atoms with Gasteiger partial charge in [-0.05, 0) is 38.3 Å². The number of nitrogens with one attached hydrogen (secondary N) is 3. The average Bonchev–Trinajstić information content (AvgIpc) is 3.10. The Kier molecular flexibility index (Phi) is 3.82. The third-order valence-electron chi connectivity index (χ3n) is 4.26. The van der Waals surface area contributed by atoms with E-state index in [1.807, 2.05) is 6.07 Å². The summed E-state index contributed by atoms with van der Waals surface area (Å²) in [5.41, 5.74) is 1.62. The van der Waals surface area contributed by atoms with E-state index in [4.69, 9.17) is 0 Å². The van der Waals surface area contributed by atoms with Crippen molar-refractivity contribution >= 4 is 5.91 Å². The van der Waals surface area contributed by atoms with Crippen LogP contribution in [0.1, 0.15) is 60.6 Å². The lowest BCUT2D eigenvalue weighted by Crippen LogP contribution is -2.32. The van der Waals surface area contributed by atoms with Crippen molar-refractivity contribution < 1.29 is 4.79 Å². The Morgan fingerprint density at radius 2 is 2.11 bits per heavy atom. The normalized spacial score (nSPS) is 24.5. The number of piperidine rings is 1. The first-order valence-corrected chi connectivity index (χ1v) is 7.40. The topological polar surface area (TPSA) is 69.8 Å². The Morgan fingerprint density at radius 3 is 2.84 bits per heavy atom. The van der Waals surface area contributed by atoms with Crippen molar-refractivity contribution in [3.63, 3.8) is 0 Å². The lowest BCUT2D eigenvalue weighted by atomic mass is 9.96. The second kappa shape index (κ2) is 5.74. The number of H-pyrrole nitrogens is 1. The van der Waals surface area contributed by atoms with E-state index in [1.165, 1.54) is 25.7 Å². The Hall–Kier alpha value is -1.36. The van der Waals surface area contributed by atoms with Gasteiger partial charge in [-0.1, -0.05) is 12.8 Å². The van der Waals surface area contributed by atoms with Crippen molar-refractivity contribution in [1.82, 2.24) is 20.8 Å². The summed E-state index contributed by atoms with van der Waals surface area (Å²) in [6, 6.07) is 2.27. The van der Waals surface area contributed by atoms with Gasteiger partial charge in [0, 0.05) is 24.2 Å². The van der Waals surface area contributed by atoms with Gasteiger partial charge in [0.15, 0.2) is 0 Å². The maximum Gasteiger partial charge on any atom is 0.271 e. The standard InChI is InChI=1S/C14H22N4O/c19-14(16-11-5-1-2-6-11)13-8-12(17-18-13)10-4-3-7-15-9-10/h8,10-11,15H,1-7,9H2,(H,16,19)(H,17,18). The summed E-state index contributed by atoms with van der Waals surface area (Å²) >= 11 is 0. The number of rotatable bonds is 3. The predicted molar refractivity (Wildman–Crippen MR) is 73.2 cm³/mol. The molecule has 2 heterocycles. The van der Waals surface area contributed by atoms with E-state index in [1.54, 1.807) is 0 Å². The van der Waals surface area contributed by atoms with Crippen molar-refractivity contribution in [3.8, 4) is 0 Å². The summed E-state index contributed by atoms with van der Waals surface area (Å²) in [6.45, 7) is 2.07. The van der Waals surface area contributed by atoms with Gasteiger partial charge in [0.1, 0.15) is 5.69 Å². The molecule has 0 bridgehead atoms. The molecule has 1 aromatic rings. The second-order valence-corrected chi connectivity index (χ2v) is 5.71. The number of hydrogen-bond donors (Lipinski definition) is 3. The van der Waals surface area contributed by atoms with Crippen molar-refractivity contribution in [2.45, 2.75) is 50.5 Å². The van der Waals surface area contributed by atoms with E-state index in [9.17, 15) is 4.79 Å². The van der Waals surface area contributed by atoms with Gasteiger partial charge in [0.25, 0.3) is 5.91 Å². The number of nitrogens with zero attached hydrogens (tertiary/aromatic N) is 1. The quantitative estimate of drug-likeness (QED) is 0.774. The molecule has 1 amide bonds. The van der Waals surface area contributed by atoms with Crippen molar-refractivity contribution in [3.05, 3.63) is 17.5 Å². The van der Waals surface area contributed by atoms with Crippen molar-refractivity contribution in [1.29, 1.82) is 0 Å². The lowest BCUT2D eigenvalue weighted by molar-refractivity contribution is 0.0933. The van der Waals surface area contributed by atoms with E-state index >= 15 is 0 Å². The molecule has 0 radical (unpaired) electrons. The predicted octanol–water partition coefficient (Wildman–Crippen LogP) is 1.55. The molecule has 1 aromatic heterocycles. The van der Waals surface area contributed by atoms with Gasteiger partial charge >= 0.3 is 0 Å². The highest BCUT2D eigenvalue weighted by molar-refractivity contribution is 5.92. The third-order valence-corrected chi connectivity index (χ3v) is 4.26. The first-order valence-electron chi connectivity index (χ1n) is 7.40. The summed E-state index contributed by atoms with van der Waals surface area (Å²) in [7, 11) is 0. The van der Waals surface area contributed by atoms with Gasteiger partial charge in [0.2, 0.25) is 0 Å². The van der Waals surface area contributed by atoms with Crippen LogP contribution in [0.4, 0.5) is 0 Å². The van der Waals surface area contributed by atoms with Crippen LogP contribution in [0.2, 0.25) is 0 Å². The van der Waals surface area contributed by atoms with Crippen LogP contribution in [-0.4, -0.2) is 35.2 Å². The molecule has 1 saturated carbocycles. The minimum absolute atomic E-state index is 0.0295. The minimum atomic E-state index is -0.0295. The summed E-state index contributed by atoms with van der Waals surface area (Å²) in [6.07, 6.45) is 7.02. The number of aromatic amines is 1. The highest BCUT2D eigenvalue weighted by Gasteiger charge is 2.22. The SMILES string of the molecule is O=C(NC1CCCC1)c1cc(C2CCCNC2)[nH]n1. The summed E-state index contributed by atoms with van der Waals surface area (Å²) in [5.74, 6) is 0.437. The monoisotopic (exact) mass is 262 g/mol. The lowest BCUT2D eigenvalue weighted by Gasteiger charge is -2.21. The zero-order valence-corrected chi connectivity index (χ0v) is 11.2. The maximum atomic E-state index is 12.1. The minimum Gasteiger partial charge on any atom is -0.348 e. The van der Waals surface area contributed by atoms with Gasteiger partial charge in [-0.2, -0.15) is 5.10 Å². The zero-order chi connectivity index (χ0) is 13.1. The van der Waals surface area contributed by atoms with Gasteiger partial charge in [0.05, 0.1) is 0 Å². The van der Waals surface area contributed by atoms with Gasteiger partial charge in [-0.25, -0.2) is 0 Å². The van der Waals surface area contributed by atoms with Crippen LogP contribution in [-0.2, 0) is 0 Å². The second-order valence-electron chi connectivity index (χ2n) is 5.71. The fourth-order valence-electron chi connectivity index (χ4n) is 3.11. The molecule has 19 heavy (non-hydrogen) atoms. The first kappa shape index (κ1) is 12.7. The fraction of sp³-hybridized carbons (Fsp3) is 0.714. The van der Waals surface area contributed by atoms with E-state index in [0.29, 0.717) is 17.7 Å². The molecule has 3 N–H and O–H groups in total. The Bertz CT molecular complexity index is 430. The van der Waals surface area contributed by atoms with E-state index in [-0.39, 0.29) is 5.91 Å². The van der Waals surface area contributed by atoms with Crippen LogP contribution >= 0.6 is 0 Å². The molecule has 104 valence electrons. The largest absolute Gasteiger partial charge is 0.348 e. The van der Waals surface area contributed by atoms with Crippen LogP contribution < -0.4 is 10.6 Å². The number of carbonyl (C=O) groups excluding carboxylic acids is 1. The molecule has 3 rings (SSSR count).